The summed E-state index contributed by atoms with van der Waals surface area (Å²) < 4.78 is 14.4. The van der Waals surface area contributed by atoms with Crippen molar-refractivity contribution >= 4 is 0 Å². The monoisotopic (exact) mass is 380 g/mol. The van der Waals surface area contributed by atoms with Gasteiger partial charge in [-0.1, -0.05) is 74.6 Å². The van der Waals surface area contributed by atoms with E-state index < -0.39 is 0 Å². The average Bonchev–Trinajstić information content (AvgIpc) is 2.74. The molecular weight excluding hydrogens is 355 g/mol. The van der Waals surface area contributed by atoms with Crippen LogP contribution in [0.1, 0.15) is 60.1 Å². The minimum atomic E-state index is -0.342. The maximum Gasteiger partial charge on any atom is 0.140 e. The highest BCUT2D eigenvalue weighted by molar-refractivity contribution is 5.49. The normalized spacial score (nSPS) is 9.90. The topological polar surface area (TPSA) is 0 Å². The van der Waals surface area contributed by atoms with E-state index in [1.807, 2.05) is 30.3 Å². The molecule has 0 saturated carbocycles. The smallest absolute Gasteiger partial charge is 0.140 e. The molecular formula is C28H25F. The highest BCUT2D eigenvalue weighted by Crippen LogP contribution is 2.11. The van der Waals surface area contributed by atoms with Crippen LogP contribution in [-0.2, 0) is 12.8 Å². The fourth-order valence-electron chi connectivity index (χ4n) is 3.06. The molecule has 0 aliphatic carbocycles. The Hall–Kier alpha value is -3.29. The zero-order valence-corrected chi connectivity index (χ0v) is 17.1. The number of halogens is 1. The van der Waals surface area contributed by atoms with Gasteiger partial charge >= 0.3 is 0 Å². The first-order valence-corrected chi connectivity index (χ1v) is 10.2. The van der Waals surface area contributed by atoms with Crippen molar-refractivity contribution in [1.29, 1.82) is 0 Å². The Labute approximate surface area is 173 Å². The first-order chi connectivity index (χ1) is 14.2. The van der Waals surface area contributed by atoms with E-state index in [0.717, 1.165) is 36.8 Å². The molecule has 0 atom stereocenters. The Morgan fingerprint density at radius 3 is 1.52 bits per heavy atom. The van der Waals surface area contributed by atoms with Crippen LogP contribution in [0.4, 0.5) is 4.39 Å². The van der Waals surface area contributed by atoms with Gasteiger partial charge in [0.05, 0.1) is 5.56 Å². The summed E-state index contributed by atoms with van der Waals surface area (Å²) in [5.74, 6) is 11.8. The van der Waals surface area contributed by atoms with Crippen molar-refractivity contribution < 1.29 is 4.39 Å². The third-order valence-electron chi connectivity index (χ3n) is 4.65. The highest BCUT2D eigenvalue weighted by Gasteiger charge is 2.00. The second-order valence-electron chi connectivity index (χ2n) is 7.09. The fourth-order valence-corrected chi connectivity index (χ4v) is 3.06. The number of benzene rings is 3. The van der Waals surface area contributed by atoms with Crippen LogP contribution in [0.3, 0.4) is 0 Å². The molecule has 0 aromatic heterocycles. The first-order valence-electron chi connectivity index (χ1n) is 10.2. The van der Waals surface area contributed by atoms with Crippen molar-refractivity contribution in [3.8, 4) is 23.7 Å². The molecule has 0 unspecified atom stereocenters. The van der Waals surface area contributed by atoms with E-state index in [0.29, 0.717) is 11.1 Å². The van der Waals surface area contributed by atoms with Gasteiger partial charge in [-0.15, -0.1) is 0 Å². The molecule has 0 aliphatic heterocycles. The lowest BCUT2D eigenvalue weighted by Gasteiger charge is -1.99. The Kier molecular flexibility index (Phi) is 7.27. The lowest BCUT2D eigenvalue weighted by molar-refractivity contribution is 0.624. The van der Waals surface area contributed by atoms with Crippen LogP contribution in [0.5, 0.6) is 0 Å². The molecule has 29 heavy (non-hydrogen) atoms. The molecule has 3 rings (SSSR count). The molecule has 0 radical (unpaired) electrons. The number of hydrogen-bond donors (Lipinski definition) is 0. The number of rotatable bonds is 4. The molecule has 0 nitrogen and oxygen atoms in total. The summed E-state index contributed by atoms with van der Waals surface area (Å²) in [6, 6.07) is 21.3. The second kappa shape index (κ2) is 10.3. The van der Waals surface area contributed by atoms with Gasteiger partial charge in [0.2, 0.25) is 0 Å². The van der Waals surface area contributed by atoms with Crippen molar-refractivity contribution in [3.63, 3.8) is 0 Å². The summed E-state index contributed by atoms with van der Waals surface area (Å²) in [5.41, 5.74) is 5.46. The Morgan fingerprint density at radius 2 is 1.03 bits per heavy atom. The highest BCUT2D eigenvalue weighted by atomic mass is 19.1. The van der Waals surface area contributed by atoms with E-state index in [2.05, 4.69) is 61.8 Å². The van der Waals surface area contributed by atoms with Crippen LogP contribution in [0.25, 0.3) is 0 Å². The van der Waals surface area contributed by atoms with E-state index in [4.69, 9.17) is 0 Å². The van der Waals surface area contributed by atoms with E-state index in [-0.39, 0.29) is 5.82 Å². The van der Waals surface area contributed by atoms with Gasteiger partial charge in [0.15, 0.2) is 0 Å². The summed E-state index contributed by atoms with van der Waals surface area (Å²) in [6.07, 6.45) is 4.39. The number of hydrogen-bond acceptors (Lipinski definition) is 0. The summed E-state index contributed by atoms with van der Waals surface area (Å²) >= 11 is 0. The van der Waals surface area contributed by atoms with E-state index in [1.54, 1.807) is 6.07 Å². The van der Waals surface area contributed by atoms with Gasteiger partial charge in [-0.3, -0.25) is 0 Å². The van der Waals surface area contributed by atoms with Crippen LogP contribution in [-0.4, -0.2) is 0 Å². The predicted molar refractivity (Wildman–Crippen MR) is 119 cm³/mol. The first kappa shape index (κ1) is 20.4. The molecule has 144 valence electrons. The molecule has 0 heterocycles. The molecule has 0 N–H and O–H groups in total. The minimum absolute atomic E-state index is 0.342. The summed E-state index contributed by atoms with van der Waals surface area (Å²) in [4.78, 5) is 0. The van der Waals surface area contributed by atoms with Crippen molar-refractivity contribution in [2.75, 3.05) is 0 Å². The van der Waals surface area contributed by atoms with Crippen LogP contribution >= 0.6 is 0 Å². The lowest BCUT2D eigenvalue weighted by Crippen LogP contribution is -1.87. The number of aryl methyl sites for hydroxylation is 2. The molecule has 3 aromatic rings. The fraction of sp³-hybridized carbons (Fsp3) is 0.214. The van der Waals surface area contributed by atoms with Crippen molar-refractivity contribution in [2.45, 2.75) is 39.5 Å². The zero-order valence-electron chi connectivity index (χ0n) is 17.1. The van der Waals surface area contributed by atoms with E-state index >= 15 is 0 Å². The van der Waals surface area contributed by atoms with Gasteiger partial charge in [-0.2, -0.15) is 0 Å². The second-order valence-corrected chi connectivity index (χ2v) is 7.09. The van der Waals surface area contributed by atoms with E-state index in [9.17, 15) is 4.39 Å². The van der Waals surface area contributed by atoms with Gasteiger partial charge in [0.1, 0.15) is 5.82 Å². The minimum Gasteiger partial charge on any atom is -0.206 e. The van der Waals surface area contributed by atoms with Crippen molar-refractivity contribution in [1.82, 2.24) is 0 Å². The molecule has 0 spiro atoms. The van der Waals surface area contributed by atoms with Gasteiger partial charge in [0, 0.05) is 16.7 Å². The van der Waals surface area contributed by atoms with Crippen molar-refractivity contribution in [2.24, 2.45) is 0 Å². The van der Waals surface area contributed by atoms with Crippen LogP contribution < -0.4 is 0 Å². The van der Waals surface area contributed by atoms with Gasteiger partial charge in [-0.05, 0) is 66.4 Å². The van der Waals surface area contributed by atoms with Crippen LogP contribution in [0.2, 0.25) is 0 Å². The third-order valence-corrected chi connectivity index (χ3v) is 4.65. The Morgan fingerprint density at radius 1 is 0.586 bits per heavy atom. The van der Waals surface area contributed by atoms with Gasteiger partial charge < -0.3 is 0 Å². The summed E-state index contributed by atoms with van der Waals surface area (Å²) in [5, 5.41) is 0. The van der Waals surface area contributed by atoms with Crippen LogP contribution in [0.15, 0.2) is 66.7 Å². The third kappa shape index (κ3) is 6.10. The molecule has 0 aliphatic rings. The van der Waals surface area contributed by atoms with Crippen LogP contribution in [0, 0.1) is 29.5 Å². The van der Waals surface area contributed by atoms with Gasteiger partial charge in [-0.25, -0.2) is 4.39 Å². The molecule has 1 heteroatoms. The molecule has 0 amide bonds. The van der Waals surface area contributed by atoms with E-state index in [1.165, 1.54) is 17.2 Å². The summed E-state index contributed by atoms with van der Waals surface area (Å²) in [7, 11) is 0. The quantitative estimate of drug-likeness (QED) is 0.451. The van der Waals surface area contributed by atoms with Gasteiger partial charge in [0.25, 0.3) is 0 Å². The maximum absolute atomic E-state index is 14.4. The average molecular weight is 381 g/mol. The Balaban J connectivity index is 1.71. The molecule has 0 saturated heterocycles. The molecule has 0 fully saturated rings. The lowest BCUT2D eigenvalue weighted by atomic mass is 10.1. The standard InChI is InChI=1S/C28H25F/c1-3-5-22-7-11-24(12-8-22)15-16-26-18-20-27(28(29)21-26)19-17-25-13-9-23(6-4-2)10-14-25/h7-14,18,20-21H,3-6H2,1-2H3. The molecule has 3 aromatic carbocycles. The predicted octanol–water partition coefficient (Wildman–Crippen LogP) is 6.53. The SMILES string of the molecule is CCCc1ccc(C#Cc2ccc(C#Cc3ccc(CCC)cc3)c(F)c2)cc1. The largest absolute Gasteiger partial charge is 0.206 e. The molecule has 0 bridgehead atoms. The Bertz CT molecular complexity index is 1070. The summed E-state index contributed by atoms with van der Waals surface area (Å²) in [6.45, 7) is 4.33. The maximum atomic E-state index is 14.4. The van der Waals surface area contributed by atoms with Crippen molar-refractivity contribution in [3.05, 3.63) is 106 Å². The zero-order chi connectivity index (χ0) is 20.5.